The van der Waals surface area contributed by atoms with Crippen molar-refractivity contribution in [1.82, 2.24) is 19.8 Å². The lowest BCUT2D eigenvalue weighted by Gasteiger charge is -2.39. The number of nitrogens with two attached hydrogens (primary N) is 1. The van der Waals surface area contributed by atoms with E-state index in [1.807, 2.05) is 0 Å². The van der Waals surface area contributed by atoms with E-state index in [0.717, 1.165) is 31.0 Å². The van der Waals surface area contributed by atoms with Gasteiger partial charge < -0.3 is 10.7 Å². The minimum absolute atomic E-state index is 0.173. The second-order valence-corrected chi connectivity index (χ2v) is 6.56. The van der Waals surface area contributed by atoms with Crippen molar-refractivity contribution in [2.24, 2.45) is 0 Å². The summed E-state index contributed by atoms with van der Waals surface area (Å²) >= 11 is 0.757. The highest BCUT2D eigenvalue weighted by atomic mass is 32.2. The zero-order valence-corrected chi connectivity index (χ0v) is 13.8. The second kappa shape index (κ2) is 6.88. The van der Waals surface area contributed by atoms with Crippen LogP contribution in [0.3, 0.4) is 0 Å². The van der Waals surface area contributed by atoms with Crippen LogP contribution in [-0.2, 0) is 11.0 Å². The molecule has 0 aliphatic heterocycles. The molecular formula is C13H17F3N6OS. The van der Waals surface area contributed by atoms with Gasteiger partial charge in [0.15, 0.2) is 0 Å². The van der Waals surface area contributed by atoms with E-state index in [-0.39, 0.29) is 16.8 Å². The predicted octanol–water partition coefficient (Wildman–Crippen LogP) is 1.79. The Morgan fingerprint density at radius 1 is 1.42 bits per heavy atom. The Labute approximate surface area is 141 Å². The van der Waals surface area contributed by atoms with E-state index < -0.39 is 17.5 Å². The molecule has 0 radical (unpaired) electrons. The molecule has 1 aromatic heterocycles. The van der Waals surface area contributed by atoms with Crippen molar-refractivity contribution in [2.75, 3.05) is 18.6 Å². The molecule has 1 amide bonds. The van der Waals surface area contributed by atoms with Crippen LogP contribution in [0.25, 0.3) is 0 Å². The van der Waals surface area contributed by atoms with Crippen molar-refractivity contribution < 1.29 is 18.0 Å². The summed E-state index contributed by atoms with van der Waals surface area (Å²) in [5, 5.41) is 15.6. The quantitative estimate of drug-likeness (QED) is 0.647. The Morgan fingerprint density at radius 3 is 2.54 bits per heavy atom. The van der Waals surface area contributed by atoms with Crippen LogP contribution in [0, 0.1) is 11.3 Å². The lowest BCUT2D eigenvalue weighted by atomic mass is 9.81. The molecule has 11 heteroatoms. The Balaban J connectivity index is 2.03. The Hall–Kier alpha value is -1.96. The molecule has 1 aromatic rings. The highest BCUT2D eigenvalue weighted by molar-refractivity contribution is 7.99. The van der Waals surface area contributed by atoms with Crippen molar-refractivity contribution in [3.8, 4) is 6.07 Å². The maximum atomic E-state index is 12.6. The maximum Gasteiger partial charge on any atom is 0.453 e. The number of carbonyl (C=O) groups excluding carboxylic acids is 1. The number of nitriles is 1. The molecular weight excluding hydrogens is 345 g/mol. The zero-order valence-electron chi connectivity index (χ0n) is 13.0. The Kier molecular flexibility index (Phi) is 5.27. The van der Waals surface area contributed by atoms with Gasteiger partial charge in [-0.05, 0) is 12.8 Å². The molecule has 1 heterocycles. The van der Waals surface area contributed by atoms with Gasteiger partial charge in [-0.2, -0.15) is 18.4 Å². The van der Waals surface area contributed by atoms with Gasteiger partial charge in [-0.25, -0.2) is 4.68 Å². The van der Waals surface area contributed by atoms with Crippen LogP contribution >= 0.6 is 11.8 Å². The third-order valence-corrected chi connectivity index (χ3v) is 5.08. The number of amides is 1. The number of hydrogen-bond donors (Lipinski definition) is 1. The molecule has 1 fully saturated rings. The average Bonchev–Trinajstić information content (AvgIpc) is 2.93. The summed E-state index contributed by atoms with van der Waals surface area (Å²) in [5.74, 6) is 3.46. The van der Waals surface area contributed by atoms with Crippen LogP contribution in [0.1, 0.15) is 37.9 Å². The molecule has 2 N–H and O–H groups in total. The lowest BCUT2D eigenvalue weighted by molar-refractivity contribution is -0.146. The fraction of sp³-hybridized carbons (Fsp3) is 0.692. The molecule has 0 saturated heterocycles. The topological polar surface area (TPSA) is 101 Å². The van der Waals surface area contributed by atoms with E-state index in [2.05, 4.69) is 16.3 Å². The zero-order chi connectivity index (χ0) is 18.0. The summed E-state index contributed by atoms with van der Waals surface area (Å²) in [6, 6.07) is 2.22. The summed E-state index contributed by atoms with van der Waals surface area (Å²) in [4.78, 5) is 13.7. The standard InChI is InChI=1S/C13H17F3N6OS/c1-21(12(8-17)5-3-2-4-6-12)9(23)7-24-11-20-19-10(22(11)18)13(14,15)16/h2-7,18H2,1H3. The van der Waals surface area contributed by atoms with Crippen LogP contribution < -0.4 is 5.84 Å². The fourth-order valence-corrected chi connectivity index (χ4v) is 3.46. The Morgan fingerprint density at radius 2 is 2.04 bits per heavy atom. The summed E-state index contributed by atoms with van der Waals surface area (Å²) in [5.41, 5.74) is -0.844. The Bertz CT molecular complexity index is 647. The molecule has 2 rings (SSSR count). The van der Waals surface area contributed by atoms with Crippen molar-refractivity contribution in [3.05, 3.63) is 5.82 Å². The molecule has 1 aliphatic carbocycles. The SMILES string of the molecule is CN(C(=O)CSc1nnc(C(F)(F)F)n1N)C1(C#N)CCCCC1. The number of thioether (sulfide) groups is 1. The van der Waals surface area contributed by atoms with Gasteiger partial charge in [-0.3, -0.25) is 4.79 Å². The van der Waals surface area contributed by atoms with Gasteiger partial charge in [0.25, 0.3) is 5.82 Å². The number of aromatic nitrogens is 3. The summed E-state index contributed by atoms with van der Waals surface area (Å²) in [6.45, 7) is 0. The van der Waals surface area contributed by atoms with Gasteiger partial charge in [0.05, 0.1) is 11.8 Å². The van der Waals surface area contributed by atoms with Gasteiger partial charge >= 0.3 is 6.18 Å². The summed E-state index contributed by atoms with van der Waals surface area (Å²) in [7, 11) is 1.55. The number of hydrogen-bond acceptors (Lipinski definition) is 6. The van der Waals surface area contributed by atoms with E-state index in [1.54, 1.807) is 7.05 Å². The number of nitrogen functional groups attached to an aromatic ring is 1. The lowest BCUT2D eigenvalue weighted by Crippen LogP contribution is -2.50. The maximum absolute atomic E-state index is 12.6. The van der Waals surface area contributed by atoms with Gasteiger partial charge in [-0.1, -0.05) is 31.0 Å². The number of nitrogens with zero attached hydrogens (tertiary/aromatic N) is 5. The van der Waals surface area contributed by atoms with Crippen LogP contribution in [-0.4, -0.2) is 44.0 Å². The molecule has 132 valence electrons. The van der Waals surface area contributed by atoms with Crippen molar-refractivity contribution >= 4 is 17.7 Å². The van der Waals surface area contributed by atoms with Crippen molar-refractivity contribution in [3.63, 3.8) is 0 Å². The van der Waals surface area contributed by atoms with E-state index in [0.29, 0.717) is 17.5 Å². The highest BCUT2D eigenvalue weighted by Gasteiger charge is 2.40. The van der Waals surface area contributed by atoms with E-state index in [1.165, 1.54) is 4.90 Å². The number of rotatable bonds is 4. The summed E-state index contributed by atoms with van der Waals surface area (Å²) in [6.07, 6.45) is -0.761. The second-order valence-electron chi connectivity index (χ2n) is 5.62. The average molecular weight is 362 g/mol. The minimum Gasteiger partial charge on any atom is -0.335 e. The predicted molar refractivity (Wildman–Crippen MR) is 80.1 cm³/mol. The first kappa shape index (κ1) is 18.4. The molecule has 0 unspecified atom stereocenters. The van der Waals surface area contributed by atoms with Crippen LogP contribution in [0.15, 0.2) is 5.16 Å². The molecule has 0 bridgehead atoms. The van der Waals surface area contributed by atoms with Crippen molar-refractivity contribution in [1.29, 1.82) is 5.26 Å². The van der Waals surface area contributed by atoms with Crippen molar-refractivity contribution in [2.45, 2.75) is 49.0 Å². The normalized spacial score (nSPS) is 17.3. The smallest absolute Gasteiger partial charge is 0.335 e. The number of alkyl halides is 3. The minimum atomic E-state index is -4.71. The number of carbonyl (C=O) groups is 1. The molecule has 0 atom stereocenters. The number of halogens is 3. The molecule has 24 heavy (non-hydrogen) atoms. The van der Waals surface area contributed by atoms with Crippen LogP contribution in [0.5, 0.6) is 0 Å². The van der Waals surface area contributed by atoms with E-state index in [4.69, 9.17) is 5.84 Å². The van der Waals surface area contributed by atoms with Crippen LogP contribution in [0.4, 0.5) is 13.2 Å². The van der Waals surface area contributed by atoms with Gasteiger partial charge in [0, 0.05) is 7.05 Å². The molecule has 0 spiro atoms. The first-order valence-electron chi connectivity index (χ1n) is 7.30. The third kappa shape index (κ3) is 3.58. The molecule has 1 aliphatic rings. The largest absolute Gasteiger partial charge is 0.453 e. The van der Waals surface area contributed by atoms with E-state index >= 15 is 0 Å². The van der Waals surface area contributed by atoms with Gasteiger partial charge in [0.2, 0.25) is 11.1 Å². The first-order valence-corrected chi connectivity index (χ1v) is 8.28. The van der Waals surface area contributed by atoms with E-state index in [9.17, 15) is 23.2 Å². The van der Waals surface area contributed by atoms with Gasteiger partial charge in [0.1, 0.15) is 5.54 Å². The monoisotopic (exact) mass is 362 g/mol. The molecule has 0 aromatic carbocycles. The van der Waals surface area contributed by atoms with Crippen LogP contribution in [0.2, 0.25) is 0 Å². The summed E-state index contributed by atoms with van der Waals surface area (Å²) < 4.78 is 38.1. The van der Waals surface area contributed by atoms with Gasteiger partial charge in [-0.15, -0.1) is 10.2 Å². The fourth-order valence-electron chi connectivity index (χ4n) is 2.69. The highest BCUT2D eigenvalue weighted by Crippen LogP contribution is 2.33. The third-order valence-electron chi connectivity index (χ3n) is 4.15. The molecule has 1 saturated carbocycles. The first-order chi connectivity index (χ1) is 11.2. The molecule has 7 nitrogen and oxygen atoms in total.